The summed E-state index contributed by atoms with van der Waals surface area (Å²) in [5.74, 6) is 0.850. The molecular weight excluding hydrogens is 349 g/mol. The molecule has 2 heterocycles. The molecule has 1 fully saturated rings. The molecule has 24 heavy (non-hydrogen) atoms. The molecular formula is C16H29Cl2N5O. The van der Waals surface area contributed by atoms with E-state index in [1.807, 2.05) is 6.07 Å². The van der Waals surface area contributed by atoms with E-state index in [-0.39, 0.29) is 36.8 Å². The Morgan fingerprint density at radius 2 is 1.96 bits per heavy atom. The van der Waals surface area contributed by atoms with Gasteiger partial charge in [0.25, 0.3) is 5.91 Å². The van der Waals surface area contributed by atoms with Crippen molar-refractivity contribution in [3.63, 3.8) is 0 Å². The molecule has 0 radical (unpaired) electrons. The van der Waals surface area contributed by atoms with Gasteiger partial charge in [-0.1, -0.05) is 6.92 Å². The molecule has 0 saturated carbocycles. The third-order valence-corrected chi connectivity index (χ3v) is 3.96. The van der Waals surface area contributed by atoms with Gasteiger partial charge in [-0.15, -0.1) is 24.8 Å². The number of piperazine rings is 1. The first-order valence-electron chi connectivity index (χ1n) is 8.01. The van der Waals surface area contributed by atoms with Gasteiger partial charge in [0.05, 0.1) is 0 Å². The second-order valence-electron chi connectivity index (χ2n) is 5.86. The summed E-state index contributed by atoms with van der Waals surface area (Å²) in [6, 6.07) is 3.93. The van der Waals surface area contributed by atoms with Gasteiger partial charge in [-0.3, -0.25) is 4.79 Å². The van der Waals surface area contributed by atoms with Crippen LogP contribution in [-0.2, 0) is 0 Å². The van der Waals surface area contributed by atoms with Crippen LogP contribution < -0.4 is 15.5 Å². The Balaban J connectivity index is 0.00000264. The normalized spacial score (nSPS) is 15.9. The average molecular weight is 378 g/mol. The van der Waals surface area contributed by atoms with Crippen LogP contribution in [-0.4, -0.2) is 68.1 Å². The summed E-state index contributed by atoms with van der Waals surface area (Å²) in [7, 11) is 2.13. The quantitative estimate of drug-likeness (QED) is 0.784. The zero-order valence-corrected chi connectivity index (χ0v) is 16.3. The van der Waals surface area contributed by atoms with E-state index in [0.29, 0.717) is 12.1 Å². The van der Waals surface area contributed by atoms with Crippen molar-refractivity contribution in [2.75, 3.05) is 51.2 Å². The maximum Gasteiger partial charge on any atom is 0.251 e. The van der Waals surface area contributed by atoms with E-state index in [2.05, 4.69) is 46.3 Å². The van der Waals surface area contributed by atoms with Crippen molar-refractivity contribution in [1.29, 1.82) is 0 Å². The molecule has 6 nitrogen and oxygen atoms in total. The van der Waals surface area contributed by atoms with Crippen molar-refractivity contribution in [1.82, 2.24) is 20.5 Å². The smallest absolute Gasteiger partial charge is 0.251 e. The van der Waals surface area contributed by atoms with Gasteiger partial charge in [-0.25, -0.2) is 4.98 Å². The molecule has 2 N–H and O–H groups in total. The largest absolute Gasteiger partial charge is 0.354 e. The second-order valence-corrected chi connectivity index (χ2v) is 5.86. The Bertz CT molecular complexity index is 495. The van der Waals surface area contributed by atoms with E-state index in [4.69, 9.17) is 0 Å². The molecule has 1 aliphatic rings. The molecule has 1 aromatic rings. The Hall–Kier alpha value is -1.08. The van der Waals surface area contributed by atoms with Crippen molar-refractivity contribution in [2.45, 2.75) is 19.9 Å². The number of nitrogens with one attached hydrogen (secondary N) is 2. The van der Waals surface area contributed by atoms with Gasteiger partial charge < -0.3 is 20.4 Å². The molecule has 0 bridgehead atoms. The molecule has 1 amide bonds. The predicted octanol–water partition coefficient (Wildman–Crippen LogP) is 1.40. The molecule has 1 aromatic heterocycles. The van der Waals surface area contributed by atoms with E-state index in [1.165, 1.54) is 0 Å². The minimum absolute atomic E-state index is 0. The van der Waals surface area contributed by atoms with Crippen LogP contribution in [0.3, 0.4) is 0 Å². The minimum Gasteiger partial charge on any atom is -0.354 e. The first-order chi connectivity index (χ1) is 10.6. The number of anilines is 1. The number of halogens is 2. The van der Waals surface area contributed by atoms with Gasteiger partial charge >= 0.3 is 0 Å². The van der Waals surface area contributed by atoms with E-state index < -0.39 is 0 Å². The van der Waals surface area contributed by atoms with Crippen molar-refractivity contribution in [3.8, 4) is 0 Å². The number of carbonyl (C=O) groups is 1. The molecule has 1 saturated heterocycles. The fraction of sp³-hybridized carbons (Fsp3) is 0.625. The summed E-state index contributed by atoms with van der Waals surface area (Å²) in [4.78, 5) is 21.2. The first kappa shape index (κ1) is 22.9. The summed E-state index contributed by atoms with van der Waals surface area (Å²) in [6.07, 6.45) is 1.72. The minimum atomic E-state index is -0.0393. The molecule has 0 spiro atoms. The number of nitrogens with zero attached hydrogens (tertiary/aromatic N) is 3. The number of carbonyl (C=O) groups excluding carboxylic acids is 1. The highest BCUT2D eigenvalue weighted by Crippen LogP contribution is 2.14. The van der Waals surface area contributed by atoms with Crippen LogP contribution in [0.4, 0.5) is 5.82 Å². The Morgan fingerprint density at radius 1 is 1.29 bits per heavy atom. The lowest BCUT2D eigenvalue weighted by Gasteiger charge is -2.33. The number of pyridine rings is 1. The Kier molecular flexibility index (Phi) is 11.0. The molecule has 1 atom stereocenters. The van der Waals surface area contributed by atoms with Crippen molar-refractivity contribution < 1.29 is 4.79 Å². The van der Waals surface area contributed by atoms with Gasteiger partial charge in [0.2, 0.25) is 0 Å². The third-order valence-electron chi connectivity index (χ3n) is 3.96. The number of hydrogen-bond donors (Lipinski definition) is 2. The lowest BCUT2D eigenvalue weighted by molar-refractivity contribution is 0.0950. The second kappa shape index (κ2) is 11.5. The van der Waals surface area contributed by atoms with Crippen LogP contribution in [0, 0.1) is 0 Å². The summed E-state index contributed by atoms with van der Waals surface area (Å²) >= 11 is 0. The highest BCUT2D eigenvalue weighted by Gasteiger charge is 2.16. The highest BCUT2D eigenvalue weighted by atomic mass is 35.5. The summed E-state index contributed by atoms with van der Waals surface area (Å²) in [6.45, 7) is 9.60. The zero-order valence-electron chi connectivity index (χ0n) is 14.6. The molecule has 0 unspecified atom stereocenters. The van der Waals surface area contributed by atoms with Gasteiger partial charge in [0, 0.05) is 50.5 Å². The van der Waals surface area contributed by atoms with E-state index in [0.717, 1.165) is 38.5 Å². The fourth-order valence-electron chi connectivity index (χ4n) is 2.54. The van der Waals surface area contributed by atoms with E-state index >= 15 is 0 Å². The maximum absolute atomic E-state index is 12.2. The molecule has 2 rings (SSSR count). The topological polar surface area (TPSA) is 60.5 Å². The number of amides is 1. The lowest BCUT2D eigenvalue weighted by atomic mass is 10.2. The van der Waals surface area contributed by atoms with Gasteiger partial charge in [0.15, 0.2) is 0 Å². The predicted molar refractivity (Wildman–Crippen MR) is 104 cm³/mol. The van der Waals surface area contributed by atoms with Crippen LogP contribution in [0.5, 0.6) is 0 Å². The fourth-order valence-corrected chi connectivity index (χ4v) is 2.54. The maximum atomic E-state index is 12.2. The average Bonchev–Trinajstić information content (AvgIpc) is 2.54. The third kappa shape index (κ3) is 6.81. The van der Waals surface area contributed by atoms with Crippen LogP contribution in [0.2, 0.25) is 0 Å². The van der Waals surface area contributed by atoms with Crippen LogP contribution in [0.1, 0.15) is 24.2 Å². The standard InChI is InChI=1S/C16H27N5O.2ClH/c1-4-17-13(2)12-19-16(22)14-5-6-18-15(11-14)21-9-7-20(3)8-10-21;;/h5-6,11,13,17H,4,7-10,12H2,1-3H3,(H,19,22);2*1H/t13-;;/m1../s1. The summed E-state index contributed by atoms with van der Waals surface area (Å²) < 4.78 is 0. The SMILES string of the molecule is CCN[C@H](C)CNC(=O)c1ccnc(N2CCN(C)CC2)c1.Cl.Cl. The number of likely N-dealkylation sites (N-methyl/N-ethyl adjacent to an activating group) is 2. The molecule has 138 valence electrons. The monoisotopic (exact) mass is 377 g/mol. The van der Waals surface area contributed by atoms with Crippen LogP contribution in [0.15, 0.2) is 18.3 Å². The number of hydrogen-bond acceptors (Lipinski definition) is 5. The van der Waals surface area contributed by atoms with Crippen molar-refractivity contribution >= 4 is 36.5 Å². The number of rotatable bonds is 6. The highest BCUT2D eigenvalue weighted by molar-refractivity contribution is 5.94. The molecule has 8 heteroatoms. The first-order valence-corrected chi connectivity index (χ1v) is 8.01. The molecule has 1 aliphatic heterocycles. The van der Waals surface area contributed by atoms with Gasteiger partial charge in [-0.05, 0) is 32.6 Å². The number of aromatic nitrogens is 1. The van der Waals surface area contributed by atoms with E-state index in [9.17, 15) is 4.79 Å². The van der Waals surface area contributed by atoms with Gasteiger partial charge in [0.1, 0.15) is 5.82 Å². The Labute approximate surface area is 157 Å². The van der Waals surface area contributed by atoms with Crippen LogP contribution >= 0.6 is 24.8 Å². The summed E-state index contributed by atoms with van der Waals surface area (Å²) in [5.41, 5.74) is 0.674. The van der Waals surface area contributed by atoms with Gasteiger partial charge in [-0.2, -0.15) is 0 Å². The van der Waals surface area contributed by atoms with Crippen molar-refractivity contribution in [2.24, 2.45) is 0 Å². The Morgan fingerprint density at radius 3 is 2.58 bits per heavy atom. The lowest BCUT2D eigenvalue weighted by Crippen LogP contribution is -2.45. The molecule has 0 aliphatic carbocycles. The summed E-state index contributed by atoms with van der Waals surface area (Å²) in [5, 5.41) is 6.24. The molecule has 0 aromatic carbocycles. The van der Waals surface area contributed by atoms with E-state index in [1.54, 1.807) is 12.3 Å². The van der Waals surface area contributed by atoms with Crippen molar-refractivity contribution in [3.05, 3.63) is 23.9 Å². The van der Waals surface area contributed by atoms with Crippen LogP contribution in [0.25, 0.3) is 0 Å². The zero-order chi connectivity index (χ0) is 15.9.